The first-order valence-corrected chi connectivity index (χ1v) is 6.63. The third-order valence-corrected chi connectivity index (χ3v) is 4.15. The minimum Gasteiger partial charge on any atom is -0.507 e. The van der Waals surface area contributed by atoms with Gasteiger partial charge in [0.05, 0.1) is 12.5 Å². The maximum atomic E-state index is 11.8. The van der Waals surface area contributed by atoms with Crippen LogP contribution in [0.5, 0.6) is 11.5 Å². The third kappa shape index (κ3) is 2.27. The SMILES string of the molecule is COc1cc(O)c(C2(C(=O)O)CCCCC2)cc1C. The Morgan fingerprint density at radius 2 is 1.89 bits per heavy atom. The molecule has 0 aliphatic heterocycles. The van der Waals surface area contributed by atoms with E-state index >= 15 is 0 Å². The summed E-state index contributed by atoms with van der Waals surface area (Å²) in [6.45, 7) is 1.86. The van der Waals surface area contributed by atoms with Gasteiger partial charge < -0.3 is 14.9 Å². The van der Waals surface area contributed by atoms with Gasteiger partial charge in [-0.3, -0.25) is 4.79 Å². The molecule has 1 aromatic rings. The average Bonchev–Trinajstić information content (AvgIpc) is 2.41. The van der Waals surface area contributed by atoms with Crippen molar-refractivity contribution in [3.05, 3.63) is 23.3 Å². The number of aliphatic carboxylic acids is 1. The summed E-state index contributed by atoms with van der Waals surface area (Å²) in [5.41, 5.74) is 0.429. The van der Waals surface area contributed by atoms with Crippen molar-refractivity contribution < 1.29 is 19.7 Å². The monoisotopic (exact) mass is 264 g/mol. The van der Waals surface area contributed by atoms with E-state index in [4.69, 9.17) is 4.74 Å². The number of carboxylic acids is 1. The van der Waals surface area contributed by atoms with Gasteiger partial charge in [0, 0.05) is 11.6 Å². The van der Waals surface area contributed by atoms with Crippen molar-refractivity contribution in [2.24, 2.45) is 0 Å². The van der Waals surface area contributed by atoms with E-state index in [0.717, 1.165) is 24.8 Å². The Hall–Kier alpha value is -1.71. The molecule has 4 nitrogen and oxygen atoms in total. The summed E-state index contributed by atoms with van der Waals surface area (Å²) in [7, 11) is 1.54. The number of hydrogen-bond donors (Lipinski definition) is 2. The fourth-order valence-corrected chi connectivity index (χ4v) is 3.03. The molecule has 1 saturated carbocycles. The summed E-state index contributed by atoms with van der Waals surface area (Å²) < 4.78 is 5.15. The lowest BCUT2D eigenvalue weighted by atomic mass is 9.69. The quantitative estimate of drug-likeness (QED) is 0.880. The Kier molecular flexibility index (Phi) is 3.69. The van der Waals surface area contributed by atoms with E-state index < -0.39 is 11.4 Å². The molecule has 2 rings (SSSR count). The van der Waals surface area contributed by atoms with Gasteiger partial charge in [-0.05, 0) is 31.4 Å². The smallest absolute Gasteiger partial charge is 0.314 e. The lowest BCUT2D eigenvalue weighted by Gasteiger charge is -2.34. The van der Waals surface area contributed by atoms with Crippen LogP contribution < -0.4 is 4.74 Å². The predicted octanol–water partition coefficient (Wildman–Crippen LogP) is 3.00. The first kappa shape index (κ1) is 13.7. The molecule has 0 unspecified atom stereocenters. The number of aromatic hydroxyl groups is 1. The van der Waals surface area contributed by atoms with Gasteiger partial charge in [-0.1, -0.05) is 19.3 Å². The van der Waals surface area contributed by atoms with Crippen LogP contribution in [0.2, 0.25) is 0 Å². The van der Waals surface area contributed by atoms with Crippen molar-refractivity contribution in [3.63, 3.8) is 0 Å². The standard InChI is InChI=1S/C15H20O4/c1-10-8-11(12(16)9-13(10)19-2)15(14(17)18)6-4-3-5-7-15/h8-9,16H,3-7H2,1-2H3,(H,17,18). The van der Waals surface area contributed by atoms with E-state index in [2.05, 4.69) is 0 Å². The Morgan fingerprint density at radius 1 is 1.26 bits per heavy atom. The summed E-state index contributed by atoms with van der Waals surface area (Å²) in [6.07, 6.45) is 4.00. The number of carboxylic acid groups (broad SMARTS) is 1. The van der Waals surface area contributed by atoms with Crippen LogP contribution in [0.1, 0.15) is 43.2 Å². The number of rotatable bonds is 3. The fraction of sp³-hybridized carbons (Fsp3) is 0.533. The van der Waals surface area contributed by atoms with E-state index in [1.165, 1.54) is 13.2 Å². The van der Waals surface area contributed by atoms with Gasteiger partial charge in [0.2, 0.25) is 0 Å². The maximum Gasteiger partial charge on any atom is 0.314 e. The van der Waals surface area contributed by atoms with E-state index in [1.807, 2.05) is 6.92 Å². The number of phenols is 1. The molecule has 0 bridgehead atoms. The second kappa shape index (κ2) is 5.11. The summed E-state index contributed by atoms with van der Waals surface area (Å²) >= 11 is 0. The molecular formula is C15H20O4. The van der Waals surface area contributed by atoms with Crippen LogP contribution in [-0.4, -0.2) is 23.3 Å². The van der Waals surface area contributed by atoms with Gasteiger partial charge in [-0.15, -0.1) is 0 Å². The van der Waals surface area contributed by atoms with Crippen LogP contribution in [0.3, 0.4) is 0 Å². The lowest BCUT2D eigenvalue weighted by Crippen LogP contribution is -2.38. The second-order valence-corrected chi connectivity index (χ2v) is 5.29. The first-order chi connectivity index (χ1) is 9.01. The molecule has 4 heteroatoms. The van der Waals surface area contributed by atoms with Crippen molar-refractivity contribution in [1.29, 1.82) is 0 Å². The predicted molar refractivity (Wildman–Crippen MR) is 71.8 cm³/mol. The highest BCUT2D eigenvalue weighted by atomic mass is 16.5. The normalized spacial score (nSPS) is 18.0. The summed E-state index contributed by atoms with van der Waals surface area (Å²) in [5.74, 6) is -0.239. The number of phenolic OH excluding ortho intramolecular Hbond substituents is 1. The van der Waals surface area contributed by atoms with E-state index in [9.17, 15) is 15.0 Å². The van der Waals surface area contributed by atoms with Crippen molar-refractivity contribution in [3.8, 4) is 11.5 Å². The Balaban J connectivity index is 2.54. The molecule has 104 valence electrons. The first-order valence-electron chi connectivity index (χ1n) is 6.63. The van der Waals surface area contributed by atoms with Crippen LogP contribution in [-0.2, 0) is 10.2 Å². The van der Waals surface area contributed by atoms with Gasteiger partial charge in [0.25, 0.3) is 0 Å². The molecule has 1 aliphatic rings. The number of ether oxygens (including phenoxy) is 1. The van der Waals surface area contributed by atoms with Crippen LogP contribution in [0.15, 0.2) is 12.1 Å². The molecule has 0 saturated heterocycles. The minimum atomic E-state index is -0.945. The molecule has 0 heterocycles. The lowest BCUT2D eigenvalue weighted by molar-refractivity contribution is -0.145. The topological polar surface area (TPSA) is 66.8 Å². The van der Waals surface area contributed by atoms with Crippen LogP contribution >= 0.6 is 0 Å². The second-order valence-electron chi connectivity index (χ2n) is 5.29. The largest absolute Gasteiger partial charge is 0.507 e. The van der Waals surface area contributed by atoms with E-state index in [0.29, 0.717) is 24.2 Å². The third-order valence-electron chi connectivity index (χ3n) is 4.15. The number of hydrogen-bond acceptors (Lipinski definition) is 3. The number of carbonyl (C=O) groups is 1. The molecular weight excluding hydrogens is 244 g/mol. The molecule has 0 spiro atoms. The Labute approximate surface area is 113 Å². The molecule has 2 N–H and O–H groups in total. The maximum absolute atomic E-state index is 11.8. The van der Waals surface area contributed by atoms with Crippen molar-refractivity contribution in [2.45, 2.75) is 44.4 Å². The number of aryl methyl sites for hydroxylation is 1. The van der Waals surface area contributed by atoms with Crippen molar-refractivity contribution in [2.75, 3.05) is 7.11 Å². The van der Waals surface area contributed by atoms with Crippen molar-refractivity contribution >= 4 is 5.97 Å². The van der Waals surface area contributed by atoms with Gasteiger partial charge in [0.1, 0.15) is 11.5 Å². The van der Waals surface area contributed by atoms with Crippen molar-refractivity contribution in [1.82, 2.24) is 0 Å². The molecule has 1 fully saturated rings. The number of benzene rings is 1. The molecule has 19 heavy (non-hydrogen) atoms. The number of methoxy groups -OCH3 is 1. The highest BCUT2D eigenvalue weighted by Gasteiger charge is 2.43. The molecule has 0 amide bonds. The van der Waals surface area contributed by atoms with Crippen LogP contribution in [0.25, 0.3) is 0 Å². The average molecular weight is 264 g/mol. The molecule has 0 atom stereocenters. The van der Waals surface area contributed by atoms with Gasteiger partial charge in [-0.2, -0.15) is 0 Å². The fourth-order valence-electron chi connectivity index (χ4n) is 3.03. The molecule has 0 radical (unpaired) electrons. The minimum absolute atomic E-state index is 0.0201. The highest BCUT2D eigenvalue weighted by molar-refractivity contribution is 5.83. The molecule has 1 aromatic carbocycles. The van der Waals surface area contributed by atoms with E-state index in [1.54, 1.807) is 6.07 Å². The molecule has 0 aromatic heterocycles. The van der Waals surface area contributed by atoms with Gasteiger partial charge in [0.15, 0.2) is 0 Å². The van der Waals surface area contributed by atoms with Gasteiger partial charge >= 0.3 is 5.97 Å². The highest BCUT2D eigenvalue weighted by Crippen LogP contribution is 2.45. The van der Waals surface area contributed by atoms with Gasteiger partial charge in [-0.25, -0.2) is 0 Å². The van der Waals surface area contributed by atoms with Crippen LogP contribution in [0, 0.1) is 6.92 Å². The summed E-state index contributed by atoms with van der Waals surface area (Å²) in [5, 5.41) is 19.8. The zero-order valence-electron chi connectivity index (χ0n) is 11.4. The zero-order chi connectivity index (χ0) is 14.0. The summed E-state index contributed by atoms with van der Waals surface area (Å²) in [6, 6.07) is 3.28. The zero-order valence-corrected chi connectivity index (χ0v) is 11.4. The van der Waals surface area contributed by atoms with Crippen LogP contribution in [0.4, 0.5) is 0 Å². The van der Waals surface area contributed by atoms with E-state index in [-0.39, 0.29) is 5.75 Å². The summed E-state index contributed by atoms with van der Waals surface area (Å²) in [4.78, 5) is 11.8. The Bertz CT molecular complexity index is 487. The molecule has 1 aliphatic carbocycles. The Morgan fingerprint density at radius 3 is 2.42 bits per heavy atom.